The second kappa shape index (κ2) is 6.08. The molecule has 5 nitrogen and oxygen atoms in total. The smallest absolute Gasteiger partial charge is 0.254 e. The predicted molar refractivity (Wildman–Crippen MR) is 89.5 cm³/mol. The molecule has 5 heteroatoms. The molecule has 2 heterocycles. The van der Waals surface area contributed by atoms with Gasteiger partial charge in [0.25, 0.3) is 5.91 Å². The van der Waals surface area contributed by atoms with Crippen molar-refractivity contribution in [3.05, 3.63) is 29.8 Å². The highest BCUT2D eigenvalue weighted by molar-refractivity contribution is 5.95. The van der Waals surface area contributed by atoms with E-state index in [2.05, 4.69) is 24.0 Å². The van der Waals surface area contributed by atoms with Crippen molar-refractivity contribution < 1.29 is 4.79 Å². The maximum Gasteiger partial charge on any atom is 0.254 e. The lowest BCUT2D eigenvalue weighted by Crippen LogP contribution is -2.52. The molecule has 1 aromatic carbocycles. The Bertz CT molecular complexity index is 581. The number of likely N-dealkylation sites (N-methyl/N-ethyl adjacent to an activating group) is 1. The SMILES string of the molecule is CC1=NN(c2ccc(C(=O)N3CCN(C)C[C@H]3C)cc2)CC1. The molecule has 0 bridgehead atoms. The largest absolute Gasteiger partial charge is 0.333 e. The Balaban J connectivity index is 1.71. The second-order valence-corrected chi connectivity index (χ2v) is 6.37. The lowest BCUT2D eigenvalue weighted by molar-refractivity contribution is 0.0533. The summed E-state index contributed by atoms with van der Waals surface area (Å²) >= 11 is 0. The fourth-order valence-electron chi connectivity index (χ4n) is 3.14. The number of nitrogens with zero attached hydrogens (tertiary/aromatic N) is 4. The third-order valence-corrected chi connectivity index (χ3v) is 4.48. The number of anilines is 1. The fraction of sp³-hybridized carbons (Fsp3) is 0.529. The highest BCUT2D eigenvalue weighted by Crippen LogP contribution is 2.21. The minimum absolute atomic E-state index is 0.133. The van der Waals surface area contributed by atoms with Crippen molar-refractivity contribution in [3.63, 3.8) is 0 Å². The molecule has 0 aliphatic carbocycles. The predicted octanol–water partition coefficient (Wildman–Crippen LogP) is 2.05. The van der Waals surface area contributed by atoms with E-state index < -0.39 is 0 Å². The van der Waals surface area contributed by atoms with Crippen LogP contribution in [0.3, 0.4) is 0 Å². The number of carbonyl (C=O) groups is 1. The van der Waals surface area contributed by atoms with Crippen molar-refractivity contribution >= 4 is 17.3 Å². The van der Waals surface area contributed by atoms with E-state index in [0.717, 1.165) is 49.6 Å². The summed E-state index contributed by atoms with van der Waals surface area (Å²) in [4.78, 5) is 16.9. The van der Waals surface area contributed by atoms with Gasteiger partial charge in [-0.1, -0.05) is 0 Å². The van der Waals surface area contributed by atoms with Crippen molar-refractivity contribution in [2.45, 2.75) is 26.3 Å². The van der Waals surface area contributed by atoms with Gasteiger partial charge >= 0.3 is 0 Å². The molecule has 0 unspecified atom stereocenters. The van der Waals surface area contributed by atoms with Crippen LogP contribution in [0.4, 0.5) is 5.69 Å². The van der Waals surface area contributed by atoms with Crippen molar-refractivity contribution in [1.29, 1.82) is 0 Å². The monoisotopic (exact) mass is 300 g/mol. The van der Waals surface area contributed by atoms with Crippen LogP contribution in [0.1, 0.15) is 30.6 Å². The van der Waals surface area contributed by atoms with Crippen molar-refractivity contribution in [1.82, 2.24) is 9.80 Å². The number of benzene rings is 1. The van der Waals surface area contributed by atoms with E-state index in [0.29, 0.717) is 0 Å². The first kappa shape index (κ1) is 15.0. The van der Waals surface area contributed by atoms with Crippen LogP contribution >= 0.6 is 0 Å². The Labute approximate surface area is 132 Å². The Kier molecular flexibility index (Phi) is 4.16. The Morgan fingerprint density at radius 2 is 1.91 bits per heavy atom. The summed E-state index contributed by atoms with van der Waals surface area (Å²) in [6.07, 6.45) is 1.01. The summed E-state index contributed by atoms with van der Waals surface area (Å²) in [6.45, 7) is 7.76. The van der Waals surface area contributed by atoms with E-state index in [1.54, 1.807) is 0 Å². The molecule has 1 amide bonds. The number of hydrogen-bond donors (Lipinski definition) is 0. The Morgan fingerprint density at radius 1 is 1.18 bits per heavy atom. The Hall–Kier alpha value is -1.88. The summed E-state index contributed by atoms with van der Waals surface area (Å²) in [5, 5.41) is 6.49. The second-order valence-electron chi connectivity index (χ2n) is 6.37. The molecule has 1 fully saturated rings. The van der Waals surface area contributed by atoms with Gasteiger partial charge in [-0.3, -0.25) is 9.80 Å². The van der Waals surface area contributed by atoms with Crippen LogP contribution in [0.5, 0.6) is 0 Å². The molecule has 3 rings (SSSR count). The van der Waals surface area contributed by atoms with Gasteiger partial charge in [-0.25, -0.2) is 0 Å². The summed E-state index contributed by atoms with van der Waals surface area (Å²) in [7, 11) is 2.10. The Morgan fingerprint density at radius 3 is 2.50 bits per heavy atom. The van der Waals surface area contributed by atoms with Gasteiger partial charge in [0.05, 0.1) is 5.69 Å². The molecule has 0 spiro atoms. The molecule has 0 radical (unpaired) electrons. The first-order valence-electron chi connectivity index (χ1n) is 7.96. The molecule has 1 saturated heterocycles. The third-order valence-electron chi connectivity index (χ3n) is 4.48. The molecule has 118 valence electrons. The minimum Gasteiger partial charge on any atom is -0.333 e. The van der Waals surface area contributed by atoms with E-state index in [1.807, 2.05) is 41.1 Å². The molecule has 0 saturated carbocycles. The number of piperazine rings is 1. The van der Waals surface area contributed by atoms with Gasteiger partial charge in [-0.2, -0.15) is 5.10 Å². The van der Waals surface area contributed by atoms with E-state index in [9.17, 15) is 4.79 Å². The van der Waals surface area contributed by atoms with Crippen molar-refractivity contribution in [2.24, 2.45) is 5.10 Å². The molecule has 22 heavy (non-hydrogen) atoms. The van der Waals surface area contributed by atoms with Gasteiger partial charge in [0.2, 0.25) is 0 Å². The van der Waals surface area contributed by atoms with Gasteiger partial charge in [0, 0.05) is 49.9 Å². The van der Waals surface area contributed by atoms with Crippen molar-refractivity contribution in [2.75, 3.05) is 38.2 Å². The molecule has 2 aliphatic rings. The number of carbonyl (C=O) groups excluding carboxylic acids is 1. The lowest BCUT2D eigenvalue weighted by atomic mass is 10.1. The summed E-state index contributed by atoms with van der Waals surface area (Å²) in [5.74, 6) is 0.133. The molecular formula is C17H24N4O. The maximum atomic E-state index is 12.7. The first-order chi connectivity index (χ1) is 10.5. The standard InChI is InChI=1S/C17H24N4O/c1-13-8-9-21(18-13)16-6-4-15(5-7-16)17(22)20-11-10-19(3)12-14(20)2/h4-7,14H,8-12H2,1-3H3/t14-/m1/s1. The van der Waals surface area contributed by atoms with E-state index in [4.69, 9.17) is 0 Å². The number of hydrogen-bond acceptors (Lipinski definition) is 4. The molecule has 1 atom stereocenters. The normalized spacial score (nSPS) is 22.9. The van der Waals surface area contributed by atoms with Crippen LogP contribution in [-0.4, -0.2) is 60.7 Å². The molecule has 0 aromatic heterocycles. The molecule has 2 aliphatic heterocycles. The summed E-state index contributed by atoms with van der Waals surface area (Å²) < 4.78 is 0. The van der Waals surface area contributed by atoms with Crippen molar-refractivity contribution in [3.8, 4) is 0 Å². The van der Waals surface area contributed by atoms with E-state index >= 15 is 0 Å². The van der Waals surface area contributed by atoms with Gasteiger partial charge < -0.3 is 9.80 Å². The molecule has 0 N–H and O–H groups in total. The van der Waals surface area contributed by atoms with Crippen LogP contribution in [0.15, 0.2) is 29.4 Å². The van der Waals surface area contributed by atoms with Crippen LogP contribution < -0.4 is 5.01 Å². The molecule has 1 aromatic rings. The average Bonchev–Trinajstić information content (AvgIpc) is 2.93. The minimum atomic E-state index is 0.133. The first-order valence-corrected chi connectivity index (χ1v) is 7.96. The zero-order chi connectivity index (χ0) is 15.7. The zero-order valence-corrected chi connectivity index (χ0v) is 13.6. The maximum absolute atomic E-state index is 12.7. The van der Waals surface area contributed by atoms with Gasteiger partial charge in [0.15, 0.2) is 0 Å². The van der Waals surface area contributed by atoms with Crippen LogP contribution in [0.2, 0.25) is 0 Å². The van der Waals surface area contributed by atoms with Gasteiger partial charge in [-0.05, 0) is 45.2 Å². The fourth-order valence-corrected chi connectivity index (χ4v) is 3.14. The average molecular weight is 300 g/mol. The number of rotatable bonds is 2. The van der Waals surface area contributed by atoms with E-state index in [-0.39, 0.29) is 11.9 Å². The lowest BCUT2D eigenvalue weighted by Gasteiger charge is -2.38. The molecular weight excluding hydrogens is 276 g/mol. The van der Waals surface area contributed by atoms with Gasteiger partial charge in [-0.15, -0.1) is 0 Å². The zero-order valence-electron chi connectivity index (χ0n) is 13.6. The number of amides is 1. The summed E-state index contributed by atoms with van der Waals surface area (Å²) in [5.41, 5.74) is 2.98. The summed E-state index contributed by atoms with van der Waals surface area (Å²) in [6, 6.07) is 8.10. The van der Waals surface area contributed by atoms with Crippen LogP contribution in [-0.2, 0) is 0 Å². The highest BCUT2D eigenvalue weighted by Gasteiger charge is 2.26. The van der Waals surface area contributed by atoms with E-state index in [1.165, 1.54) is 0 Å². The quantitative estimate of drug-likeness (QED) is 0.839. The number of hydrazone groups is 1. The van der Waals surface area contributed by atoms with Crippen LogP contribution in [0.25, 0.3) is 0 Å². The topological polar surface area (TPSA) is 39.2 Å². The third kappa shape index (κ3) is 2.99. The van der Waals surface area contributed by atoms with Gasteiger partial charge in [0.1, 0.15) is 0 Å². The highest BCUT2D eigenvalue weighted by atomic mass is 16.2. The van der Waals surface area contributed by atoms with Crippen LogP contribution in [0, 0.1) is 0 Å².